The summed E-state index contributed by atoms with van der Waals surface area (Å²) in [7, 11) is -3.25. The Balaban J connectivity index is 3.63. The molecular formula is C9H19N3O5S. The summed E-state index contributed by atoms with van der Waals surface area (Å²) in [6, 6.07) is -0.456. The van der Waals surface area contributed by atoms with Gasteiger partial charge in [-0.1, -0.05) is 6.92 Å². The number of carbonyl (C=O) groups is 2. The molecule has 2 amide bonds. The molecule has 0 aromatic carbocycles. The number of hydrogen-bond donors (Lipinski definition) is 4. The highest BCUT2D eigenvalue weighted by Crippen LogP contribution is 1.98. The summed E-state index contributed by atoms with van der Waals surface area (Å²) < 4.78 is 23.6. The normalized spacial score (nSPS) is 12.8. The number of rotatable bonds is 8. The maximum atomic E-state index is 11.2. The van der Waals surface area contributed by atoms with Gasteiger partial charge in [-0.3, -0.25) is 4.79 Å². The van der Waals surface area contributed by atoms with Gasteiger partial charge < -0.3 is 15.7 Å². The van der Waals surface area contributed by atoms with Crippen molar-refractivity contribution < 1.29 is 23.1 Å². The Hall–Kier alpha value is -1.35. The average molecular weight is 281 g/mol. The number of carboxylic acids is 1. The first-order chi connectivity index (χ1) is 8.20. The lowest BCUT2D eigenvalue weighted by atomic mass is 10.1. The van der Waals surface area contributed by atoms with Crippen molar-refractivity contribution in [3.05, 3.63) is 0 Å². The molecule has 106 valence electrons. The smallest absolute Gasteiger partial charge is 0.314 e. The predicted molar refractivity (Wildman–Crippen MR) is 65.7 cm³/mol. The molecule has 0 spiro atoms. The zero-order chi connectivity index (χ0) is 14.2. The molecule has 0 radical (unpaired) electrons. The highest BCUT2D eigenvalue weighted by Gasteiger charge is 2.09. The topological polar surface area (TPSA) is 125 Å². The summed E-state index contributed by atoms with van der Waals surface area (Å²) in [5, 5.41) is 13.4. The fraction of sp³-hybridized carbons (Fsp3) is 0.778. The number of aliphatic carboxylic acids is 1. The molecule has 0 saturated carbocycles. The molecular weight excluding hydrogens is 262 g/mol. The van der Waals surface area contributed by atoms with E-state index in [9.17, 15) is 18.0 Å². The lowest BCUT2D eigenvalue weighted by Gasteiger charge is -2.11. The molecule has 18 heavy (non-hydrogen) atoms. The third-order valence-electron chi connectivity index (χ3n) is 1.91. The third kappa shape index (κ3) is 11.1. The summed E-state index contributed by atoms with van der Waals surface area (Å²) in [5.74, 6) is -1.08. The summed E-state index contributed by atoms with van der Waals surface area (Å²) in [4.78, 5) is 21.6. The number of carbonyl (C=O) groups excluding carboxylic acids is 1. The standard InChI is InChI=1S/C9H19N3O5S/c1-7(5-8(13)14)6-11-9(15)10-3-4-12-18(2,16)17/h7,12H,3-6H2,1-2H3,(H,13,14)(H2,10,11,15). The number of nitrogens with one attached hydrogen (secondary N) is 3. The van der Waals surface area contributed by atoms with Crippen LogP contribution in [0.5, 0.6) is 0 Å². The van der Waals surface area contributed by atoms with E-state index in [2.05, 4.69) is 15.4 Å². The molecule has 0 aromatic heterocycles. The molecule has 0 heterocycles. The summed E-state index contributed by atoms with van der Waals surface area (Å²) in [5.41, 5.74) is 0. The second kappa shape index (κ2) is 7.88. The Kier molecular flexibility index (Phi) is 7.29. The zero-order valence-electron chi connectivity index (χ0n) is 10.4. The molecule has 4 N–H and O–H groups in total. The summed E-state index contributed by atoms with van der Waals surface area (Å²) in [6.07, 6.45) is 1.01. The van der Waals surface area contributed by atoms with Crippen LogP contribution in [0.15, 0.2) is 0 Å². The molecule has 0 aliphatic rings. The first-order valence-corrected chi connectivity index (χ1v) is 7.28. The van der Waals surface area contributed by atoms with Crippen LogP contribution in [0.2, 0.25) is 0 Å². The van der Waals surface area contributed by atoms with E-state index in [0.717, 1.165) is 6.26 Å². The van der Waals surface area contributed by atoms with Gasteiger partial charge in [-0.05, 0) is 5.92 Å². The molecule has 1 unspecified atom stereocenters. The van der Waals surface area contributed by atoms with E-state index in [1.165, 1.54) is 0 Å². The molecule has 0 aliphatic carbocycles. The number of sulfonamides is 1. The van der Waals surface area contributed by atoms with E-state index in [1.54, 1.807) is 6.92 Å². The molecule has 0 bridgehead atoms. The highest BCUT2D eigenvalue weighted by molar-refractivity contribution is 7.88. The van der Waals surface area contributed by atoms with Gasteiger partial charge in [0.1, 0.15) is 0 Å². The van der Waals surface area contributed by atoms with Gasteiger partial charge in [-0.2, -0.15) is 0 Å². The Bertz CT molecular complexity index is 382. The van der Waals surface area contributed by atoms with E-state index in [1.807, 2.05) is 0 Å². The Morgan fingerprint density at radius 2 is 1.83 bits per heavy atom. The quantitative estimate of drug-likeness (QED) is 0.422. The predicted octanol–water partition coefficient (Wildman–Crippen LogP) is -1.05. The van der Waals surface area contributed by atoms with Crippen molar-refractivity contribution in [2.24, 2.45) is 5.92 Å². The van der Waals surface area contributed by atoms with Crippen molar-refractivity contribution in [1.82, 2.24) is 15.4 Å². The van der Waals surface area contributed by atoms with Gasteiger partial charge in [0.15, 0.2) is 0 Å². The third-order valence-corrected chi connectivity index (χ3v) is 2.64. The van der Waals surface area contributed by atoms with Gasteiger partial charge in [0.05, 0.1) is 6.26 Å². The first kappa shape index (κ1) is 16.6. The molecule has 0 saturated heterocycles. The van der Waals surface area contributed by atoms with Crippen molar-refractivity contribution in [3.8, 4) is 0 Å². The summed E-state index contributed by atoms with van der Waals surface area (Å²) in [6.45, 7) is 2.22. The van der Waals surface area contributed by atoms with E-state index in [-0.39, 0.29) is 32.0 Å². The highest BCUT2D eigenvalue weighted by atomic mass is 32.2. The van der Waals surface area contributed by atoms with Gasteiger partial charge in [-0.15, -0.1) is 0 Å². The van der Waals surface area contributed by atoms with Crippen LogP contribution in [0.3, 0.4) is 0 Å². The second-order valence-corrected chi connectivity index (χ2v) is 5.84. The van der Waals surface area contributed by atoms with Crippen molar-refractivity contribution in [1.29, 1.82) is 0 Å². The van der Waals surface area contributed by atoms with Gasteiger partial charge in [0.2, 0.25) is 10.0 Å². The van der Waals surface area contributed by atoms with E-state index >= 15 is 0 Å². The Morgan fingerprint density at radius 3 is 2.33 bits per heavy atom. The second-order valence-electron chi connectivity index (χ2n) is 4.01. The van der Waals surface area contributed by atoms with Crippen LogP contribution in [-0.4, -0.2) is 51.4 Å². The largest absolute Gasteiger partial charge is 0.481 e. The SMILES string of the molecule is CC(CNC(=O)NCCNS(C)(=O)=O)CC(=O)O. The fourth-order valence-electron chi connectivity index (χ4n) is 1.11. The fourth-order valence-corrected chi connectivity index (χ4v) is 1.59. The van der Waals surface area contributed by atoms with Gasteiger partial charge in [0.25, 0.3) is 0 Å². The summed E-state index contributed by atoms with van der Waals surface area (Å²) >= 11 is 0. The molecule has 8 nitrogen and oxygen atoms in total. The monoisotopic (exact) mass is 281 g/mol. The number of hydrogen-bond acceptors (Lipinski definition) is 4. The van der Waals surface area contributed by atoms with Crippen LogP contribution >= 0.6 is 0 Å². The molecule has 1 atom stereocenters. The number of amides is 2. The van der Waals surface area contributed by atoms with Crippen molar-refractivity contribution in [3.63, 3.8) is 0 Å². The molecule has 0 aromatic rings. The Morgan fingerprint density at radius 1 is 1.22 bits per heavy atom. The molecule has 0 aliphatic heterocycles. The van der Waals surface area contributed by atoms with Crippen molar-refractivity contribution in [2.75, 3.05) is 25.9 Å². The lowest BCUT2D eigenvalue weighted by molar-refractivity contribution is -0.137. The van der Waals surface area contributed by atoms with E-state index in [4.69, 9.17) is 5.11 Å². The minimum absolute atomic E-state index is 0.0179. The van der Waals surface area contributed by atoms with Crippen molar-refractivity contribution >= 4 is 22.0 Å². The molecule has 0 rings (SSSR count). The maximum Gasteiger partial charge on any atom is 0.314 e. The van der Waals surface area contributed by atoms with Gasteiger partial charge in [0, 0.05) is 26.1 Å². The van der Waals surface area contributed by atoms with Crippen molar-refractivity contribution in [2.45, 2.75) is 13.3 Å². The van der Waals surface area contributed by atoms with E-state index in [0.29, 0.717) is 0 Å². The minimum atomic E-state index is -3.25. The van der Waals surface area contributed by atoms with Crippen LogP contribution in [-0.2, 0) is 14.8 Å². The minimum Gasteiger partial charge on any atom is -0.481 e. The van der Waals surface area contributed by atoms with Crippen LogP contribution < -0.4 is 15.4 Å². The van der Waals surface area contributed by atoms with Gasteiger partial charge in [-0.25, -0.2) is 17.9 Å². The molecule has 0 fully saturated rings. The number of urea groups is 1. The molecule has 9 heteroatoms. The maximum absolute atomic E-state index is 11.2. The van der Waals surface area contributed by atoms with Crippen LogP contribution in [0.1, 0.15) is 13.3 Å². The van der Waals surface area contributed by atoms with Crippen LogP contribution in [0, 0.1) is 5.92 Å². The zero-order valence-corrected chi connectivity index (χ0v) is 11.2. The number of carboxylic acid groups (broad SMARTS) is 1. The van der Waals surface area contributed by atoms with E-state index < -0.39 is 22.0 Å². The lowest BCUT2D eigenvalue weighted by Crippen LogP contribution is -2.41. The van der Waals surface area contributed by atoms with Crippen LogP contribution in [0.25, 0.3) is 0 Å². The first-order valence-electron chi connectivity index (χ1n) is 5.39. The van der Waals surface area contributed by atoms with Crippen LogP contribution in [0.4, 0.5) is 4.79 Å². The average Bonchev–Trinajstić information content (AvgIpc) is 2.19. The van der Waals surface area contributed by atoms with Gasteiger partial charge >= 0.3 is 12.0 Å². The Labute approximate surface area is 106 Å².